The third kappa shape index (κ3) is 16.2. The van der Waals surface area contributed by atoms with E-state index in [0.29, 0.717) is 56.7 Å². The van der Waals surface area contributed by atoms with Gasteiger partial charge in [0.2, 0.25) is 11.9 Å². The van der Waals surface area contributed by atoms with E-state index in [4.69, 9.17) is 14.7 Å². The number of Topliss-reactive ketones (excluding diaryl/α,β-unsaturated/α-hetero) is 2. The van der Waals surface area contributed by atoms with E-state index in [1.54, 1.807) is 35.9 Å². The number of nitrogens with one attached hydrogen (secondary N) is 3. The van der Waals surface area contributed by atoms with Gasteiger partial charge in [0.05, 0.1) is 67.0 Å². The number of rotatable bonds is 16. The van der Waals surface area contributed by atoms with Gasteiger partial charge in [-0.3, -0.25) is 19.0 Å². The maximum Gasteiger partial charge on any atom is 0.410 e. The van der Waals surface area contributed by atoms with Gasteiger partial charge >= 0.3 is 6.09 Å². The monoisotopic (exact) mass is 1160 g/mol. The largest absolute Gasteiger partial charge is 0.444 e. The number of carbonyl (C=O) groups is 3. The molecule has 8 heterocycles. The Labute approximate surface area is 495 Å². The molecule has 0 aliphatic carbocycles. The molecule has 2 saturated heterocycles. The zero-order chi connectivity index (χ0) is 59.1. The number of hydrogen-bond acceptors (Lipinski definition) is 17. The summed E-state index contributed by atoms with van der Waals surface area (Å²) in [6.07, 6.45) is 20.3. The lowest BCUT2D eigenvalue weighted by Gasteiger charge is -2.33. The highest BCUT2D eigenvalue weighted by molar-refractivity contribution is 7.14. The first-order chi connectivity index (χ1) is 39.5. The Hall–Kier alpha value is -7.55. The molecule has 6 aromatic heterocycles. The van der Waals surface area contributed by atoms with E-state index in [-0.39, 0.29) is 34.5 Å². The fraction of sp³-hybridized carbons (Fsp3) is 0.444. The molecule has 2 fully saturated rings. The molecule has 0 unspecified atom stereocenters. The summed E-state index contributed by atoms with van der Waals surface area (Å²) < 4.78 is 9.50. The molecule has 18 nitrogen and oxygen atoms in total. The molecular formula is C63H78N14O4S2. The number of thiazole rings is 2. The highest BCUT2D eigenvalue weighted by Gasteiger charge is 2.29. The van der Waals surface area contributed by atoms with Crippen LogP contribution in [0.5, 0.6) is 0 Å². The molecule has 20 heteroatoms. The number of amides is 1. The van der Waals surface area contributed by atoms with Gasteiger partial charge in [-0.2, -0.15) is 10.2 Å². The molecule has 2 aliphatic rings. The number of aryl methyl sites for hydroxylation is 4. The lowest BCUT2D eigenvalue weighted by atomic mass is 9.98. The number of hydrogen-bond donors (Lipinski definition) is 3. The Kier molecular flexibility index (Phi) is 18.8. The SMILES string of the molecule is Cc1cc(-c2ccnc(Nc3cnn(C4CCN(C(=O)OC(C)(C)C)CC4)c3)n2)ccc1CCC(=O)c1cnc(C(C)(C)C)s1.Cc1cc(-c2ccnc(Nc3cnn(C4CCNCC4)c3)n2)ccc1CCC(=O)c1cnc(C(C)(C)C)s1. The fourth-order valence-corrected chi connectivity index (χ4v) is 11.7. The van der Waals surface area contributed by atoms with E-state index < -0.39 is 5.60 Å². The van der Waals surface area contributed by atoms with Gasteiger partial charge in [-0.25, -0.2) is 34.7 Å². The summed E-state index contributed by atoms with van der Waals surface area (Å²) in [5.41, 5.74) is 9.31. The van der Waals surface area contributed by atoms with Gasteiger partial charge < -0.3 is 25.6 Å². The number of anilines is 4. The van der Waals surface area contributed by atoms with Gasteiger partial charge in [-0.15, -0.1) is 22.7 Å². The van der Waals surface area contributed by atoms with Gasteiger partial charge in [0, 0.05) is 85.1 Å². The van der Waals surface area contributed by atoms with E-state index in [0.717, 1.165) is 109 Å². The maximum atomic E-state index is 12.8. The second kappa shape index (κ2) is 25.9. The topological polar surface area (TPSA) is 213 Å². The van der Waals surface area contributed by atoms with Crippen LogP contribution in [0, 0.1) is 13.8 Å². The second-order valence-corrected chi connectivity index (χ2v) is 26.6. The van der Waals surface area contributed by atoms with Crippen molar-refractivity contribution in [1.82, 2.24) is 59.7 Å². The summed E-state index contributed by atoms with van der Waals surface area (Å²) in [4.78, 5) is 68.5. The van der Waals surface area contributed by atoms with Gasteiger partial charge in [0.1, 0.15) is 5.60 Å². The molecule has 0 radical (unpaired) electrons. The van der Waals surface area contributed by atoms with E-state index in [1.807, 2.05) is 66.9 Å². The number of carbonyl (C=O) groups excluding carboxylic acids is 3. The first kappa shape index (κ1) is 60.1. The summed E-state index contributed by atoms with van der Waals surface area (Å²) in [7, 11) is 0. The van der Waals surface area contributed by atoms with Crippen molar-refractivity contribution in [2.75, 3.05) is 36.8 Å². The van der Waals surface area contributed by atoms with E-state index in [2.05, 4.69) is 132 Å². The van der Waals surface area contributed by atoms with Crippen LogP contribution in [-0.4, -0.2) is 104 Å². The van der Waals surface area contributed by atoms with Crippen molar-refractivity contribution in [3.63, 3.8) is 0 Å². The molecule has 3 N–H and O–H groups in total. The smallest absolute Gasteiger partial charge is 0.410 e. The van der Waals surface area contributed by atoms with Crippen molar-refractivity contribution < 1.29 is 19.1 Å². The number of ketones is 2. The first-order valence-corrected chi connectivity index (χ1v) is 30.3. The molecule has 0 bridgehead atoms. The van der Waals surface area contributed by atoms with Gasteiger partial charge in [0.25, 0.3) is 0 Å². The highest BCUT2D eigenvalue weighted by atomic mass is 32.1. The number of likely N-dealkylation sites (tertiary alicyclic amines) is 1. The fourth-order valence-electron chi connectivity index (χ4n) is 9.85. The zero-order valence-corrected chi connectivity index (χ0v) is 51.4. The van der Waals surface area contributed by atoms with Crippen LogP contribution >= 0.6 is 22.7 Å². The Bertz CT molecular complexity index is 3530. The summed E-state index contributed by atoms with van der Waals surface area (Å²) in [6.45, 7) is 25.8. The van der Waals surface area contributed by atoms with Crippen LogP contribution < -0.4 is 16.0 Å². The first-order valence-electron chi connectivity index (χ1n) is 28.7. The van der Waals surface area contributed by atoms with Crippen LogP contribution in [0.15, 0.2) is 98.1 Å². The lowest BCUT2D eigenvalue weighted by Crippen LogP contribution is -2.42. The zero-order valence-electron chi connectivity index (χ0n) is 49.7. The van der Waals surface area contributed by atoms with Crippen LogP contribution in [0.25, 0.3) is 22.5 Å². The number of piperidine rings is 2. The van der Waals surface area contributed by atoms with Crippen molar-refractivity contribution in [2.24, 2.45) is 0 Å². The Balaban J connectivity index is 0.000000202. The summed E-state index contributed by atoms with van der Waals surface area (Å²) in [5.74, 6) is 1.31. The number of aromatic nitrogens is 10. The Morgan fingerprint density at radius 1 is 0.602 bits per heavy atom. The van der Waals surface area contributed by atoms with Crippen LogP contribution in [-0.2, 0) is 28.4 Å². The van der Waals surface area contributed by atoms with Crippen molar-refractivity contribution in [2.45, 2.75) is 156 Å². The predicted molar refractivity (Wildman–Crippen MR) is 330 cm³/mol. The van der Waals surface area contributed by atoms with E-state index in [9.17, 15) is 14.4 Å². The van der Waals surface area contributed by atoms with E-state index in [1.165, 1.54) is 28.2 Å². The molecule has 1 amide bonds. The molecule has 0 spiro atoms. The van der Waals surface area contributed by atoms with Crippen LogP contribution in [0.1, 0.15) is 165 Å². The van der Waals surface area contributed by atoms with E-state index >= 15 is 0 Å². The molecule has 0 saturated carbocycles. The minimum absolute atomic E-state index is 0.0408. The number of nitrogens with zero attached hydrogens (tertiary/aromatic N) is 11. The van der Waals surface area contributed by atoms with Crippen LogP contribution in [0.4, 0.5) is 28.1 Å². The van der Waals surface area contributed by atoms with Crippen LogP contribution in [0.3, 0.4) is 0 Å². The summed E-state index contributed by atoms with van der Waals surface area (Å²) >= 11 is 3.01. The maximum absolute atomic E-state index is 12.8. The average Bonchev–Trinajstić information content (AvgIpc) is 4.49. The second-order valence-electron chi connectivity index (χ2n) is 24.6. The van der Waals surface area contributed by atoms with Crippen molar-refractivity contribution in [3.05, 3.63) is 140 Å². The highest BCUT2D eigenvalue weighted by Crippen LogP contribution is 2.32. The molecule has 83 heavy (non-hydrogen) atoms. The normalized spacial score (nSPS) is 14.5. The molecule has 2 aliphatic heterocycles. The van der Waals surface area contributed by atoms with Gasteiger partial charge in [-0.05, 0) is 133 Å². The molecule has 10 rings (SSSR count). The van der Waals surface area contributed by atoms with Crippen molar-refractivity contribution in [1.29, 1.82) is 0 Å². The third-order valence-corrected chi connectivity index (χ3v) is 17.5. The quantitative estimate of drug-likeness (QED) is 0.0768. The summed E-state index contributed by atoms with van der Waals surface area (Å²) in [6, 6.07) is 17.0. The van der Waals surface area contributed by atoms with Gasteiger partial charge in [-0.1, -0.05) is 65.8 Å². The Morgan fingerprint density at radius 2 is 1.05 bits per heavy atom. The van der Waals surface area contributed by atoms with Gasteiger partial charge in [0.15, 0.2) is 11.6 Å². The standard InChI is InChI=1S/C34H43N7O3S.C29H35N7OS/c1-22-18-24(9-8-23(22)10-11-28(42)29-20-36-30(45-29)33(2,3)4)27-12-15-35-31(39-27)38-25-19-37-41(21-25)26-13-16-40(17-14-26)32(43)44-34(5,6)7;1-19-15-21(6-5-20(19)7-8-25(37)26-17-32-27(38-26)29(2,3)4)24-11-14-31-28(35-24)34-22-16-33-36(18-22)23-9-12-30-13-10-23/h8-9,12,15,18-21,26H,10-11,13-14,16-17H2,1-7H3,(H,35,38,39);5-6,11,14-18,23,30H,7-10,12-13H2,1-4H3,(H,31,34,35). The molecule has 0 atom stereocenters. The molecular weight excluding hydrogens is 1080 g/mol. The molecule has 2 aromatic carbocycles. The molecule has 436 valence electrons. The molecule has 8 aromatic rings. The van der Waals surface area contributed by atoms with Crippen molar-refractivity contribution >= 4 is 63.6 Å². The predicted octanol–water partition coefficient (Wildman–Crippen LogP) is 13.4. The average molecular weight is 1160 g/mol. The minimum Gasteiger partial charge on any atom is -0.444 e. The van der Waals surface area contributed by atoms with Crippen molar-refractivity contribution in [3.8, 4) is 22.5 Å². The third-order valence-electron chi connectivity index (χ3n) is 14.6. The minimum atomic E-state index is -0.501. The van der Waals surface area contributed by atoms with Crippen LogP contribution in [0.2, 0.25) is 0 Å². The number of ether oxygens (including phenoxy) is 1. The number of benzene rings is 2. The lowest BCUT2D eigenvalue weighted by molar-refractivity contribution is 0.0184. The Morgan fingerprint density at radius 3 is 1.46 bits per heavy atom. The summed E-state index contributed by atoms with van der Waals surface area (Å²) in [5, 5.41) is 21.1.